The smallest absolute Gasteiger partial charge is 0.0869 e. The lowest BCUT2D eigenvalue weighted by Crippen LogP contribution is -2.47. The summed E-state index contributed by atoms with van der Waals surface area (Å²) in [4.78, 5) is 1.25. The van der Waals surface area contributed by atoms with E-state index in [9.17, 15) is 0 Å². The van der Waals surface area contributed by atoms with Crippen LogP contribution in [0, 0.1) is 0 Å². The van der Waals surface area contributed by atoms with Gasteiger partial charge in [-0.1, -0.05) is 6.07 Å². The predicted octanol–water partition coefficient (Wildman–Crippen LogP) is 2.21. The molecule has 3 nitrogen and oxygen atoms in total. The fourth-order valence-corrected chi connectivity index (χ4v) is 3.12. The number of nitrogens with one attached hydrogen (secondary N) is 1. The Balaban J connectivity index is 2.18. The molecule has 1 fully saturated rings. The maximum Gasteiger partial charge on any atom is 0.0869 e. The van der Waals surface area contributed by atoms with Gasteiger partial charge in [-0.15, -0.1) is 11.3 Å². The first kappa shape index (κ1) is 11.1. The largest absolute Gasteiger partial charge is 0.373 e. The van der Waals surface area contributed by atoms with Crippen LogP contribution >= 0.6 is 11.3 Å². The monoisotopic (exact) mass is 226 g/mol. The number of rotatable bonds is 3. The van der Waals surface area contributed by atoms with Crippen molar-refractivity contribution in [2.45, 2.75) is 37.8 Å². The predicted molar refractivity (Wildman–Crippen MR) is 62.6 cm³/mol. The Morgan fingerprint density at radius 2 is 2.47 bits per heavy atom. The van der Waals surface area contributed by atoms with Gasteiger partial charge >= 0.3 is 0 Å². The molecule has 84 valence electrons. The summed E-state index contributed by atoms with van der Waals surface area (Å²) in [5.74, 6) is 5.66. The van der Waals surface area contributed by atoms with Gasteiger partial charge in [0.05, 0.1) is 11.6 Å². The van der Waals surface area contributed by atoms with E-state index in [1.807, 2.05) is 0 Å². The molecule has 1 aromatic rings. The highest BCUT2D eigenvalue weighted by molar-refractivity contribution is 7.10. The average molecular weight is 226 g/mol. The fourth-order valence-electron chi connectivity index (χ4n) is 2.20. The van der Waals surface area contributed by atoms with Crippen LogP contribution in [0.1, 0.15) is 37.1 Å². The summed E-state index contributed by atoms with van der Waals surface area (Å²) >= 11 is 1.73. The molecule has 3 N–H and O–H groups in total. The van der Waals surface area contributed by atoms with Crippen LogP contribution in [0.15, 0.2) is 17.5 Å². The van der Waals surface area contributed by atoms with E-state index in [1.165, 1.54) is 11.3 Å². The Bertz CT molecular complexity index is 294. The lowest BCUT2D eigenvalue weighted by molar-refractivity contribution is -0.0891. The van der Waals surface area contributed by atoms with Crippen LogP contribution in [0.4, 0.5) is 0 Å². The molecule has 4 heteroatoms. The van der Waals surface area contributed by atoms with Gasteiger partial charge in [-0.3, -0.25) is 5.84 Å². The van der Waals surface area contributed by atoms with E-state index in [4.69, 9.17) is 10.6 Å². The number of hydrazine groups is 1. The normalized spacial score (nSPS) is 28.9. The minimum Gasteiger partial charge on any atom is -0.373 e. The number of hydrogen-bond acceptors (Lipinski definition) is 4. The van der Waals surface area contributed by atoms with Crippen molar-refractivity contribution >= 4 is 11.3 Å². The molecule has 0 aliphatic carbocycles. The molecule has 2 atom stereocenters. The second kappa shape index (κ2) is 4.61. The summed E-state index contributed by atoms with van der Waals surface area (Å²) in [5, 5.41) is 2.08. The van der Waals surface area contributed by atoms with Gasteiger partial charge in [0.1, 0.15) is 0 Å². The van der Waals surface area contributed by atoms with Crippen LogP contribution in [0.5, 0.6) is 0 Å². The van der Waals surface area contributed by atoms with E-state index in [-0.39, 0.29) is 11.6 Å². The van der Waals surface area contributed by atoms with Crippen molar-refractivity contribution < 1.29 is 4.74 Å². The molecule has 0 bridgehead atoms. The fraction of sp³-hybridized carbons (Fsp3) is 0.636. The first-order valence-corrected chi connectivity index (χ1v) is 6.28. The van der Waals surface area contributed by atoms with Gasteiger partial charge in [0.2, 0.25) is 0 Å². The SMILES string of the molecule is CC1(C(NN)c2cccs2)CCCCO1. The maximum absolute atomic E-state index is 5.91. The Morgan fingerprint density at radius 3 is 3.00 bits per heavy atom. The Labute approximate surface area is 94.6 Å². The highest BCUT2D eigenvalue weighted by Gasteiger charge is 2.37. The molecule has 1 aliphatic heterocycles. The van der Waals surface area contributed by atoms with E-state index in [1.54, 1.807) is 11.3 Å². The summed E-state index contributed by atoms with van der Waals surface area (Å²) in [6.07, 6.45) is 3.46. The van der Waals surface area contributed by atoms with Gasteiger partial charge in [0.25, 0.3) is 0 Å². The zero-order valence-electron chi connectivity index (χ0n) is 9.03. The van der Waals surface area contributed by atoms with Gasteiger partial charge in [0, 0.05) is 11.5 Å². The lowest BCUT2D eigenvalue weighted by atomic mass is 9.87. The molecule has 0 amide bonds. The second-order valence-electron chi connectivity index (χ2n) is 4.23. The van der Waals surface area contributed by atoms with Crippen LogP contribution in [-0.2, 0) is 4.74 Å². The molecule has 0 radical (unpaired) electrons. The molecular weight excluding hydrogens is 208 g/mol. The van der Waals surface area contributed by atoms with Crippen molar-refractivity contribution in [2.24, 2.45) is 5.84 Å². The highest BCUT2D eigenvalue weighted by Crippen LogP contribution is 2.37. The third-order valence-corrected chi connectivity index (χ3v) is 4.04. The Morgan fingerprint density at radius 1 is 1.60 bits per heavy atom. The molecule has 2 unspecified atom stereocenters. The standard InChI is InChI=1S/C11H18N2OS/c1-11(6-2-3-7-14-11)10(13-12)9-5-4-8-15-9/h4-5,8,10,13H,2-3,6-7,12H2,1H3. The molecule has 0 saturated carbocycles. The maximum atomic E-state index is 5.91. The van der Waals surface area contributed by atoms with E-state index in [2.05, 4.69) is 29.9 Å². The first-order valence-electron chi connectivity index (χ1n) is 5.40. The Hall–Kier alpha value is -0.420. The molecule has 1 aromatic heterocycles. The minimum absolute atomic E-state index is 0.109. The van der Waals surface area contributed by atoms with E-state index in [0.717, 1.165) is 19.4 Å². The van der Waals surface area contributed by atoms with E-state index in [0.29, 0.717) is 0 Å². The molecule has 1 aliphatic rings. The van der Waals surface area contributed by atoms with Crippen LogP contribution < -0.4 is 11.3 Å². The van der Waals surface area contributed by atoms with Gasteiger partial charge in [-0.05, 0) is 37.6 Å². The summed E-state index contributed by atoms with van der Waals surface area (Å²) in [6.45, 7) is 3.00. The van der Waals surface area contributed by atoms with E-state index >= 15 is 0 Å². The van der Waals surface area contributed by atoms with Crippen molar-refractivity contribution in [3.05, 3.63) is 22.4 Å². The first-order chi connectivity index (χ1) is 7.26. The van der Waals surface area contributed by atoms with E-state index < -0.39 is 0 Å². The second-order valence-corrected chi connectivity index (χ2v) is 5.21. The summed E-state index contributed by atoms with van der Waals surface area (Å²) in [7, 11) is 0. The summed E-state index contributed by atoms with van der Waals surface area (Å²) in [6, 6.07) is 4.27. The molecule has 2 heterocycles. The van der Waals surface area contributed by atoms with Crippen LogP contribution in [0.2, 0.25) is 0 Å². The number of thiophene rings is 1. The third kappa shape index (κ3) is 2.23. The molecule has 15 heavy (non-hydrogen) atoms. The van der Waals surface area contributed by atoms with Crippen molar-refractivity contribution in [2.75, 3.05) is 6.61 Å². The lowest BCUT2D eigenvalue weighted by Gasteiger charge is -2.39. The molecule has 2 rings (SSSR count). The minimum atomic E-state index is -0.155. The quantitative estimate of drug-likeness (QED) is 0.613. The molecule has 1 saturated heterocycles. The van der Waals surface area contributed by atoms with Crippen molar-refractivity contribution in [1.82, 2.24) is 5.43 Å². The van der Waals surface area contributed by atoms with Crippen molar-refractivity contribution in [1.29, 1.82) is 0 Å². The number of ether oxygens (including phenoxy) is 1. The highest BCUT2D eigenvalue weighted by atomic mass is 32.1. The Kier molecular flexibility index (Phi) is 3.41. The van der Waals surface area contributed by atoms with Gasteiger partial charge in [-0.25, -0.2) is 5.43 Å². The molecule has 0 aromatic carbocycles. The van der Waals surface area contributed by atoms with Gasteiger partial charge in [0.15, 0.2) is 0 Å². The molecular formula is C11H18N2OS. The zero-order chi connectivity index (χ0) is 10.7. The van der Waals surface area contributed by atoms with Crippen LogP contribution in [-0.4, -0.2) is 12.2 Å². The van der Waals surface area contributed by atoms with Gasteiger partial charge in [-0.2, -0.15) is 0 Å². The summed E-state index contributed by atoms with van der Waals surface area (Å²) in [5.41, 5.74) is 2.75. The third-order valence-electron chi connectivity index (χ3n) is 3.10. The topological polar surface area (TPSA) is 47.3 Å². The van der Waals surface area contributed by atoms with Crippen LogP contribution in [0.25, 0.3) is 0 Å². The van der Waals surface area contributed by atoms with Crippen molar-refractivity contribution in [3.8, 4) is 0 Å². The zero-order valence-corrected chi connectivity index (χ0v) is 9.85. The van der Waals surface area contributed by atoms with Crippen molar-refractivity contribution in [3.63, 3.8) is 0 Å². The number of nitrogens with two attached hydrogens (primary N) is 1. The van der Waals surface area contributed by atoms with Gasteiger partial charge < -0.3 is 4.74 Å². The molecule has 0 spiro atoms. The average Bonchev–Trinajstić information content (AvgIpc) is 2.73. The number of hydrogen-bond donors (Lipinski definition) is 2. The van der Waals surface area contributed by atoms with Crippen LogP contribution in [0.3, 0.4) is 0 Å². The summed E-state index contributed by atoms with van der Waals surface area (Å²) < 4.78 is 5.91.